The first-order chi connectivity index (χ1) is 17.3. The van der Waals surface area contributed by atoms with Gasteiger partial charge in [-0.25, -0.2) is 14.8 Å². The van der Waals surface area contributed by atoms with Gasteiger partial charge < -0.3 is 30.3 Å². The van der Waals surface area contributed by atoms with Gasteiger partial charge in [-0.15, -0.1) is 0 Å². The Morgan fingerprint density at radius 2 is 2.06 bits per heavy atom. The molecule has 2 aliphatic rings. The molecular weight excluding hydrogens is 460 g/mol. The Kier molecular flexibility index (Phi) is 6.53. The zero-order valence-corrected chi connectivity index (χ0v) is 20.5. The molecule has 36 heavy (non-hydrogen) atoms. The number of anilines is 1. The van der Waals surface area contributed by atoms with Gasteiger partial charge in [0, 0.05) is 55.1 Å². The van der Waals surface area contributed by atoms with Crippen LogP contribution in [0.5, 0.6) is 0 Å². The highest BCUT2D eigenvalue weighted by Gasteiger charge is 2.37. The Bertz CT molecular complexity index is 1290. The molecule has 2 amide bonds. The SMILES string of the molecule is CCn1ccc2cc(C(=O)N[C@H]3CCc4nc(N5CC(NC(=O)O)C(C(C)O)C5)ccc4C3)cnc21. The first kappa shape index (κ1) is 24.1. The summed E-state index contributed by atoms with van der Waals surface area (Å²) >= 11 is 0. The normalized spacial score (nSPS) is 22.3. The maximum Gasteiger partial charge on any atom is 0.404 e. The predicted molar refractivity (Wildman–Crippen MR) is 135 cm³/mol. The zero-order chi connectivity index (χ0) is 25.4. The molecule has 1 aliphatic carbocycles. The van der Waals surface area contributed by atoms with Crippen molar-refractivity contribution in [2.24, 2.45) is 5.92 Å². The Labute approximate surface area is 209 Å². The van der Waals surface area contributed by atoms with Crippen LogP contribution in [0.2, 0.25) is 0 Å². The molecule has 4 N–H and O–H groups in total. The Morgan fingerprint density at radius 3 is 2.81 bits per heavy atom. The molecule has 1 saturated heterocycles. The van der Waals surface area contributed by atoms with Crippen LogP contribution in [0, 0.1) is 5.92 Å². The van der Waals surface area contributed by atoms with Crippen LogP contribution in [0.4, 0.5) is 10.6 Å². The number of aryl methyl sites for hydroxylation is 2. The third-order valence-electron chi connectivity index (χ3n) is 7.41. The number of rotatable bonds is 6. The van der Waals surface area contributed by atoms with Crippen molar-refractivity contribution in [1.82, 2.24) is 25.2 Å². The van der Waals surface area contributed by atoms with Crippen LogP contribution in [-0.4, -0.2) is 68.0 Å². The number of fused-ring (bicyclic) bond motifs is 2. The third kappa shape index (κ3) is 4.73. The van der Waals surface area contributed by atoms with Crippen molar-refractivity contribution in [3.63, 3.8) is 0 Å². The van der Waals surface area contributed by atoms with Crippen LogP contribution in [0.1, 0.15) is 41.9 Å². The van der Waals surface area contributed by atoms with Gasteiger partial charge in [-0.3, -0.25) is 4.79 Å². The van der Waals surface area contributed by atoms with Gasteiger partial charge in [-0.2, -0.15) is 0 Å². The van der Waals surface area contributed by atoms with E-state index in [4.69, 9.17) is 10.1 Å². The van der Waals surface area contributed by atoms with Crippen molar-refractivity contribution in [3.8, 4) is 0 Å². The number of nitrogens with one attached hydrogen (secondary N) is 2. The topological polar surface area (TPSA) is 133 Å². The standard InChI is InChI=1S/C26H32N6O4/c1-3-31-9-8-17-10-18(12-27-24(17)31)25(34)28-19-5-6-21-16(11-19)4-7-23(29-21)32-13-20(15(2)33)22(14-32)30-26(35)36/h4,7-10,12,15,19-20,22,30,33H,3,5-6,11,13-14H2,1-2H3,(H,28,34)(H,35,36)/t15?,19-,20?,22?/m0/s1. The maximum absolute atomic E-state index is 12.9. The zero-order valence-electron chi connectivity index (χ0n) is 20.5. The van der Waals surface area contributed by atoms with Crippen LogP contribution >= 0.6 is 0 Å². The number of nitrogens with zero attached hydrogens (tertiary/aromatic N) is 4. The molecular formula is C26H32N6O4. The quantitative estimate of drug-likeness (QED) is 0.415. The number of carboxylic acid groups (broad SMARTS) is 1. The Hall–Kier alpha value is -3.66. The minimum absolute atomic E-state index is 0.0177. The summed E-state index contributed by atoms with van der Waals surface area (Å²) < 4.78 is 2.05. The van der Waals surface area contributed by atoms with Crippen molar-refractivity contribution in [3.05, 3.63) is 53.5 Å². The van der Waals surface area contributed by atoms with E-state index in [0.29, 0.717) is 25.1 Å². The third-order valence-corrected chi connectivity index (χ3v) is 7.41. The van der Waals surface area contributed by atoms with Gasteiger partial charge in [-0.1, -0.05) is 6.07 Å². The number of aliphatic hydroxyl groups is 1. The van der Waals surface area contributed by atoms with E-state index in [2.05, 4.69) is 22.5 Å². The molecule has 10 heteroatoms. The Morgan fingerprint density at radius 1 is 1.22 bits per heavy atom. The fourth-order valence-corrected chi connectivity index (χ4v) is 5.44. The average molecular weight is 493 g/mol. The van der Waals surface area contributed by atoms with Crippen LogP contribution < -0.4 is 15.5 Å². The highest BCUT2D eigenvalue weighted by atomic mass is 16.4. The highest BCUT2D eigenvalue weighted by Crippen LogP contribution is 2.28. The summed E-state index contributed by atoms with van der Waals surface area (Å²) in [6, 6.07) is 7.52. The molecule has 190 valence electrons. The monoisotopic (exact) mass is 492 g/mol. The second kappa shape index (κ2) is 9.77. The number of aliphatic hydroxyl groups excluding tert-OH is 1. The fraction of sp³-hybridized carbons (Fsp3) is 0.462. The van der Waals surface area contributed by atoms with Crippen molar-refractivity contribution in [2.75, 3.05) is 18.0 Å². The molecule has 0 radical (unpaired) electrons. The summed E-state index contributed by atoms with van der Waals surface area (Å²) in [4.78, 5) is 35.5. The lowest BCUT2D eigenvalue weighted by Gasteiger charge is -2.27. The number of carbonyl (C=O) groups is 2. The summed E-state index contributed by atoms with van der Waals surface area (Å²) in [5.41, 5.74) is 3.55. The van der Waals surface area contributed by atoms with Crippen LogP contribution in [0.25, 0.3) is 11.0 Å². The van der Waals surface area contributed by atoms with E-state index >= 15 is 0 Å². The van der Waals surface area contributed by atoms with Crippen LogP contribution in [0.15, 0.2) is 36.7 Å². The minimum atomic E-state index is -1.09. The second-order valence-corrected chi connectivity index (χ2v) is 9.79. The lowest BCUT2D eigenvalue weighted by molar-refractivity contribution is 0.0933. The molecule has 1 fully saturated rings. The molecule has 0 saturated carbocycles. The van der Waals surface area contributed by atoms with Gasteiger partial charge in [0.1, 0.15) is 11.5 Å². The highest BCUT2D eigenvalue weighted by molar-refractivity contribution is 5.97. The second-order valence-electron chi connectivity index (χ2n) is 9.79. The number of aromatic nitrogens is 3. The summed E-state index contributed by atoms with van der Waals surface area (Å²) in [6.07, 6.45) is 4.14. The molecule has 0 bridgehead atoms. The van der Waals surface area contributed by atoms with Gasteiger partial charge in [0.2, 0.25) is 0 Å². The lowest BCUT2D eigenvalue weighted by atomic mass is 9.91. The molecule has 0 aromatic carbocycles. The van der Waals surface area contributed by atoms with Gasteiger partial charge in [-0.05, 0) is 56.9 Å². The number of pyridine rings is 2. The molecule has 0 spiro atoms. The van der Waals surface area contributed by atoms with E-state index in [1.165, 1.54) is 0 Å². The van der Waals surface area contributed by atoms with E-state index in [1.807, 2.05) is 39.9 Å². The molecule has 1 aliphatic heterocycles. The molecule has 5 rings (SSSR count). The number of hydrogen-bond acceptors (Lipinski definition) is 6. The minimum Gasteiger partial charge on any atom is -0.465 e. The number of hydrogen-bond donors (Lipinski definition) is 4. The summed E-state index contributed by atoms with van der Waals surface area (Å²) in [7, 11) is 0. The largest absolute Gasteiger partial charge is 0.465 e. The molecule has 3 aromatic heterocycles. The average Bonchev–Trinajstić information content (AvgIpc) is 3.47. The van der Waals surface area contributed by atoms with Crippen molar-refractivity contribution in [2.45, 2.75) is 57.8 Å². The number of amides is 2. The summed E-state index contributed by atoms with van der Waals surface area (Å²) in [5, 5.41) is 25.9. The van der Waals surface area contributed by atoms with E-state index in [9.17, 15) is 14.7 Å². The van der Waals surface area contributed by atoms with Gasteiger partial charge in [0.25, 0.3) is 5.91 Å². The number of carbonyl (C=O) groups excluding carboxylic acids is 1. The molecule has 4 heterocycles. The smallest absolute Gasteiger partial charge is 0.404 e. The molecule has 10 nitrogen and oxygen atoms in total. The first-order valence-electron chi connectivity index (χ1n) is 12.5. The summed E-state index contributed by atoms with van der Waals surface area (Å²) in [6.45, 7) is 5.58. The van der Waals surface area contributed by atoms with Crippen LogP contribution in [0.3, 0.4) is 0 Å². The lowest BCUT2D eigenvalue weighted by Crippen LogP contribution is -2.42. The Balaban J connectivity index is 1.24. The van der Waals surface area contributed by atoms with Crippen molar-refractivity contribution >= 4 is 28.9 Å². The van der Waals surface area contributed by atoms with Gasteiger partial charge in [0.05, 0.1) is 17.7 Å². The molecule has 3 aromatic rings. The fourth-order valence-electron chi connectivity index (χ4n) is 5.44. The van der Waals surface area contributed by atoms with Crippen molar-refractivity contribution in [1.29, 1.82) is 0 Å². The van der Waals surface area contributed by atoms with E-state index < -0.39 is 12.2 Å². The van der Waals surface area contributed by atoms with E-state index in [-0.39, 0.29) is 23.9 Å². The maximum atomic E-state index is 12.9. The van der Waals surface area contributed by atoms with Crippen molar-refractivity contribution < 1.29 is 19.8 Å². The van der Waals surface area contributed by atoms with E-state index in [0.717, 1.165) is 47.5 Å². The van der Waals surface area contributed by atoms with Gasteiger partial charge in [0.15, 0.2) is 0 Å². The predicted octanol–water partition coefficient (Wildman–Crippen LogP) is 2.19. The van der Waals surface area contributed by atoms with Crippen LogP contribution in [-0.2, 0) is 19.4 Å². The molecule has 4 atom stereocenters. The van der Waals surface area contributed by atoms with E-state index in [1.54, 1.807) is 13.1 Å². The molecule has 3 unspecified atom stereocenters. The van der Waals surface area contributed by atoms with Gasteiger partial charge >= 0.3 is 6.09 Å². The first-order valence-corrected chi connectivity index (χ1v) is 12.5. The summed E-state index contributed by atoms with van der Waals surface area (Å²) in [5.74, 6) is 0.465.